The molecule has 230 valence electrons. The number of aromatic nitrogens is 4. The minimum Gasteiger partial charge on any atom is -0.447 e. The van der Waals surface area contributed by atoms with E-state index in [1.807, 2.05) is 0 Å². The number of nitrogens with zero attached hydrogens (tertiary/aromatic N) is 4. The fourth-order valence-corrected chi connectivity index (χ4v) is 4.33. The summed E-state index contributed by atoms with van der Waals surface area (Å²) in [6.45, 7) is 6.38. The van der Waals surface area contributed by atoms with E-state index in [1.165, 1.54) is 26.1 Å². The van der Waals surface area contributed by atoms with Gasteiger partial charge in [0.15, 0.2) is 11.5 Å². The van der Waals surface area contributed by atoms with Crippen molar-refractivity contribution in [3.05, 3.63) is 105 Å². The fourth-order valence-electron chi connectivity index (χ4n) is 4.33. The molecule has 0 aliphatic rings. The number of nitrogens with one attached hydrogen (secondary N) is 1. The van der Waals surface area contributed by atoms with E-state index in [4.69, 9.17) is 13.9 Å². The number of ether oxygens (including phenoxy) is 2. The molecule has 2 aromatic heterocycles. The van der Waals surface area contributed by atoms with Gasteiger partial charge in [0.05, 0.1) is 11.1 Å². The van der Waals surface area contributed by atoms with Gasteiger partial charge < -0.3 is 19.2 Å². The molecule has 1 N–H and O–H groups in total. The Morgan fingerprint density at radius 2 is 1.75 bits per heavy atom. The van der Waals surface area contributed by atoms with Crippen LogP contribution >= 0.6 is 0 Å². The zero-order valence-corrected chi connectivity index (χ0v) is 24.9. The Kier molecular flexibility index (Phi) is 9.67. The zero-order chi connectivity index (χ0) is 32.0. The van der Waals surface area contributed by atoms with Gasteiger partial charge in [0.25, 0.3) is 5.56 Å². The lowest BCUT2D eigenvalue weighted by molar-refractivity contribution is -0.0510. The summed E-state index contributed by atoms with van der Waals surface area (Å²) in [7, 11) is 1.41. The van der Waals surface area contributed by atoms with E-state index in [0.717, 1.165) is 4.57 Å². The third kappa shape index (κ3) is 7.41. The molecule has 4 aromatic rings. The summed E-state index contributed by atoms with van der Waals surface area (Å²) in [6, 6.07) is 13.9. The molecule has 44 heavy (non-hydrogen) atoms. The number of esters is 1. The molecule has 1 amide bonds. The van der Waals surface area contributed by atoms with Crippen LogP contribution in [-0.2, 0) is 23.7 Å². The Bertz CT molecular complexity index is 1720. The van der Waals surface area contributed by atoms with Crippen LogP contribution in [0.1, 0.15) is 82.4 Å². The number of aryl methyl sites for hydroxylation is 2. The van der Waals surface area contributed by atoms with Gasteiger partial charge in [-0.25, -0.2) is 14.2 Å². The summed E-state index contributed by atoms with van der Waals surface area (Å²) in [5, 5.41) is 10.1. The summed E-state index contributed by atoms with van der Waals surface area (Å²) >= 11 is 0. The summed E-state index contributed by atoms with van der Waals surface area (Å²) in [4.78, 5) is 57.4. The molecule has 0 aliphatic heterocycles. The van der Waals surface area contributed by atoms with Crippen LogP contribution in [0, 0.1) is 12.7 Å². The van der Waals surface area contributed by atoms with Crippen molar-refractivity contribution >= 4 is 17.7 Å². The van der Waals surface area contributed by atoms with Gasteiger partial charge in [0, 0.05) is 26.8 Å². The molecular weight excluding hydrogens is 573 g/mol. The maximum atomic E-state index is 13.7. The average Bonchev–Trinajstić information content (AvgIpc) is 3.45. The summed E-state index contributed by atoms with van der Waals surface area (Å²) in [5.41, 5.74) is -1.40. The highest BCUT2D eigenvalue weighted by molar-refractivity contribution is 5.97. The molecule has 12 nitrogen and oxygen atoms in total. The van der Waals surface area contributed by atoms with Crippen molar-refractivity contribution in [2.45, 2.75) is 58.8 Å². The third-order valence-corrected chi connectivity index (χ3v) is 6.60. The van der Waals surface area contributed by atoms with Crippen LogP contribution in [0.5, 0.6) is 5.75 Å². The van der Waals surface area contributed by atoms with Gasteiger partial charge in [-0.3, -0.25) is 19.0 Å². The molecule has 0 bridgehead atoms. The normalized spacial score (nSPS) is 12.0. The SMILES string of the molecule is CCC(OC(=O)c1ccccc1)Oc1c(C(=O)CCc2ccc(F)cc2)nc(C(C)(C)NC(=O)c2nnc(C)o2)n(C)c1=O. The van der Waals surface area contributed by atoms with Crippen LogP contribution in [0.4, 0.5) is 4.39 Å². The van der Waals surface area contributed by atoms with Crippen LogP contribution in [0.15, 0.2) is 63.8 Å². The Labute approximate surface area is 252 Å². The summed E-state index contributed by atoms with van der Waals surface area (Å²) in [6.07, 6.45) is -0.949. The average molecular weight is 606 g/mol. The molecule has 0 aliphatic carbocycles. The van der Waals surface area contributed by atoms with Crippen LogP contribution in [0.2, 0.25) is 0 Å². The van der Waals surface area contributed by atoms with Crippen LogP contribution in [0.3, 0.4) is 0 Å². The van der Waals surface area contributed by atoms with E-state index in [1.54, 1.807) is 63.2 Å². The van der Waals surface area contributed by atoms with Gasteiger partial charge in [0.2, 0.25) is 17.9 Å². The predicted molar refractivity (Wildman–Crippen MR) is 155 cm³/mol. The van der Waals surface area contributed by atoms with Crippen LogP contribution in [0.25, 0.3) is 0 Å². The van der Waals surface area contributed by atoms with Crippen molar-refractivity contribution in [1.29, 1.82) is 0 Å². The van der Waals surface area contributed by atoms with Crippen molar-refractivity contribution in [2.75, 3.05) is 0 Å². The van der Waals surface area contributed by atoms with Gasteiger partial charge in [-0.1, -0.05) is 37.3 Å². The standard InChI is InChI=1S/C31H32FN5O7/c1-6-23(44-29(41)20-10-8-7-9-11-20)43-25-24(22(38)17-14-19-12-15-21(32)16-13-19)33-30(37(5)28(25)40)31(3,4)34-26(39)27-36-35-18(2)42-27/h7-13,15-16,23H,6,14,17H2,1-5H3,(H,34,39). The molecule has 0 saturated carbocycles. The Morgan fingerprint density at radius 1 is 1.07 bits per heavy atom. The van der Waals surface area contributed by atoms with Gasteiger partial charge in [0.1, 0.15) is 11.6 Å². The second-order valence-electron chi connectivity index (χ2n) is 10.5. The molecule has 0 fully saturated rings. The highest BCUT2D eigenvalue weighted by Gasteiger charge is 2.34. The number of Topliss-reactive ketones (excluding diaryl/α,β-unsaturated/α-hetero) is 1. The number of amides is 1. The molecule has 13 heteroatoms. The first-order valence-electron chi connectivity index (χ1n) is 13.8. The number of hydrogen-bond acceptors (Lipinski definition) is 10. The molecule has 2 heterocycles. The quantitative estimate of drug-likeness (QED) is 0.142. The largest absolute Gasteiger partial charge is 0.447 e. The van der Waals surface area contributed by atoms with E-state index >= 15 is 0 Å². The zero-order valence-electron chi connectivity index (χ0n) is 24.9. The van der Waals surface area contributed by atoms with E-state index in [9.17, 15) is 23.6 Å². The Morgan fingerprint density at radius 3 is 2.36 bits per heavy atom. The number of carbonyl (C=O) groups is 3. The number of hydrogen-bond donors (Lipinski definition) is 1. The molecule has 0 spiro atoms. The third-order valence-electron chi connectivity index (χ3n) is 6.60. The van der Waals surface area contributed by atoms with Gasteiger partial charge in [-0.2, -0.15) is 0 Å². The highest BCUT2D eigenvalue weighted by Crippen LogP contribution is 2.24. The molecule has 1 unspecified atom stereocenters. The maximum absolute atomic E-state index is 13.7. The number of halogens is 1. The highest BCUT2D eigenvalue weighted by atomic mass is 19.1. The maximum Gasteiger partial charge on any atom is 0.341 e. The van der Waals surface area contributed by atoms with Gasteiger partial charge >= 0.3 is 17.8 Å². The van der Waals surface area contributed by atoms with E-state index in [0.29, 0.717) is 5.56 Å². The predicted octanol–water partition coefficient (Wildman–Crippen LogP) is 4.06. The topological polar surface area (TPSA) is 156 Å². The molecule has 1 atom stereocenters. The minimum atomic E-state index is -1.32. The number of ketones is 1. The van der Waals surface area contributed by atoms with Crippen molar-refractivity contribution in [2.24, 2.45) is 7.05 Å². The lowest BCUT2D eigenvalue weighted by atomic mass is 10.0. The van der Waals surface area contributed by atoms with E-state index in [2.05, 4.69) is 20.5 Å². The van der Waals surface area contributed by atoms with Gasteiger partial charge in [-0.05, 0) is 50.1 Å². The van der Waals surface area contributed by atoms with E-state index < -0.39 is 46.6 Å². The number of benzene rings is 2. The Balaban J connectivity index is 1.70. The lowest BCUT2D eigenvalue weighted by Crippen LogP contribution is -2.46. The lowest BCUT2D eigenvalue weighted by Gasteiger charge is -2.28. The monoisotopic (exact) mass is 605 g/mol. The van der Waals surface area contributed by atoms with Crippen molar-refractivity contribution < 1.29 is 32.7 Å². The van der Waals surface area contributed by atoms with Crippen molar-refractivity contribution in [1.82, 2.24) is 25.1 Å². The molecule has 0 saturated heterocycles. The second kappa shape index (κ2) is 13.4. The van der Waals surface area contributed by atoms with Crippen LogP contribution in [-0.4, -0.2) is 43.7 Å². The molecule has 2 aromatic carbocycles. The number of rotatable bonds is 12. The summed E-state index contributed by atoms with van der Waals surface area (Å²) in [5.74, 6) is -2.85. The smallest absolute Gasteiger partial charge is 0.341 e. The van der Waals surface area contributed by atoms with Crippen molar-refractivity contribution in [3.63, 3.8) is 0 Å². The molecule has 4 rings (SSSR count). The van der Waals surface area contributed by atoms with Crippen molar-refractivity contribution in [3.8, 4) is 5.75 Å². The van der Waals surface area contributed by atoms with Crippen LogP contribution < -0.4 is 15.6 Å². The van der Waals surface area contributed by atoms with E-state index in [-0.39, 0.29) is 48.1 Å². The second-order valence-corrected chi connectivity index (χ2v) is 10.5. The summed E-state index contributed by atoms with van der Waals surface area (Å²) < 4.78 is 31.1. The first-order chi connectivity index (χ1) is 20.9. The first kappa shape index (κ1) is 31.7. The fraction of sp³-hybridized carbons (Fsp3) is 0.323. The minimum absolute atomic E-state index is 0.0268. The molecular formula is C31H32FN5O7. The number of carbonyl (C=O) groups excluding carboxylic acids is 3. The Hall–Kier alpha value is -5.20. The molecule has 0 radical (unpaired) electrons. The van der Waals surface area contributed by atoms with Gasteiger partial charge in [-0.15, -0.1) is 10.2 Å². The first-order valence-corrected chi connectivity index (χ1v) is 13.8.